The Kier molecular flexibility index (Phi) is 3.59. The zero-order chi connectivity index (χ0) is 11.4. The van der Waals surface area contributed by atoms with Gasteiger partial charge < -0.3 is 10.1 Å². The minimum atomic E-state index is 0.655. The second-order valence-electron chi connectivity index (χ2n) is 3.43. The highest BCUT2D eigenvalue weighted by Gasteiger charge is 2.01. The van der Waals surface area contributed by atoms with E-state index in [1.807, 2.05) is 30.3 Å². The molecule has 0 radical (unpaired) electrons. The molecule has 0 aliphatic carbocycles. The zero-order valence-electron chi connectivity index (χ0n) is 9.03. The van der Waals surface area contributed by atoms with Crippen LogP contribution in [0.25, 0.3) is 10.9 Å². The van der Waals surface area contributed by atoms with Crippen LogP contribution < -0.4 is 5.32 Å². The van der Waals surface area contributed by atoms with E-state index in [4.69, 9.17) is 16.3 Å². The first kappa shape index (κ1) is 11.2. The summed E-state index contributed by atoms with van der Waals surface area (Å²) in [5.74, 6) is 0.817. The number of methoxy groups -OCH3 is 1. The normalized spacial score (nSPS) is 10.6. The summed E-state index contributed by atoms with van der Waals surface area (Å²) >= 11 is 6.08. The lowest BCUT2D eigenvalue weighted by molar-refractivity contribution is 0.210. The maximum absolute atomic E-state index is 6.08. The molecule has 2 aromatic rings. The third-order valence-electron chi connectivity index (χ3n) is 2.28. The molecule has 84 valence electrons. The molecule has 1 aromatic heterocycles. The van der Waals surface area contributed by atoms with E-state index in [2.05, 4.69) is 10.3 Å². The molecule has 4 heteroatoms. The molecular formula is C12H13ClN2O. The molecule has 0 aliphatic rings. The Morgan fingerprint density at radius 2 is 2.19 bits per heavy atom. The summed E-state index contributed by atoms with van der Waals surface area (Å²) in [5, 5.41) is 4.89. The number of benzene rings is 1. The number of ether oxygens (including phenoxy) is 1. The van der Waals surface area contributed by atoms with Gasteiger partial charge in [0.1, 0.15) is 5.82 Å². The highest BCUT2D eigenvalue weighted by molar-refractivity contribution is 6.35. The monoisotopic (exact) mass is 236 g/mol. The Morgan fingerprint density at radius 1 is 1.31 bits per heavy atom. The van der Waals surface area contributed by atoms with Crippen molar-refractivity contribution in [3.05, 3.63) is 35.4 Å². The number of rotatable bonds is 4. The van der Waals surface area contributed by atoms with E-state index in [9.17, 15) is 0 Å². The smallest absolute Gasteiger partial charge is 0.126 e. The lowest BCUT2D eigenvalue weighted by atomic mass is 10.2. The Morgan fingerprint density at radius 3 is 3.00 bits per heavy atom. The van der Waals surface area contributed by atoms with Gasteiger partial charge in [0.2, 0.25) is 0 Å². The molecule has 2 rings (SSSR count). The number of nitrogens with zero attached hydrogens (tertiary/aromatic N) is 1. The maximum atomic E-state index is 6.08. The van der Waals surface area contributed by atoms with Gasteiger partial charge in [0.25, 0.3) is 0 Å². The van der Waals surface area contributed by atoms with Crippen LogP contribution in [0.4, 0.5) is 5.82 Å². The molecule has 0 saturated heterocycles. The van der Waals surface area contributed by atoms with Crippen LogP contribution in [0.5, 0.6) is 0 Å². The van der Waals surface area contributed by atoms with Crippen molar-refractivity contribution in [2.75, 3.05) is 25.6 Å². The first-order valence-electron chi connectivity index (χ1n) is 5.09. The van der Waals surface area contributed by atoms with Crippen LogP contribution >= 0.6 is 11.6 Å². The number of aromatic nitrogens is 1. The van der Waals surface area contributed by atoms with Crippen LogP contribution in [0.15, 0.2) is 30.3 Å². The van der Waals surface area contributed by atoms with Crippen LogP contribution in [-0.2, 0) is 4.74 Å². The van der Waals surface area contributed by atoms with Gasteiger partial charge in [-0.15, -0.1) is 0 Å². The molecule has 1 heterocycles. The number of para-hydroxylation sites is 1. The third kappa shape index (κ3) is 2.43. The van der Waals surface area contributed by atoms with E-state index < -0.39 is 0 Å². The standard InChI is InChI=1S/C12H13ClN2O/c1-16-8-7-14-11-6-5-9-3-2-4-10(13)12(9)15-11/h2-6H,7-8H2,1H3,(H,14,15). The summed E-state index contributed by atoms with van der Waals surface area (Å²) in [7, 11) is 1.67. The van der Waals surface area contributed by atoms with Crippen molar-refractivity contribution < 1.29 is 4.74 Å². The minimum absolute atomic E-state index is 0.655. The van der Waals surface area contributed by atoms with Gasteiger partial charge in [-0.1, -0.05) is 23.7 Å². The maximum Gasteiger partial charge on any atom is 0.126 e. The number of anilines is 1. The van der Waals surface area contributed by atoms with E-state index in [0.29, 0.717) is 11.6 Å². The van der Waals surface area contributed by atoms with Gasteiger partial charge in [-0.2, -0.15) is 0 Å². The lowest BCUT2D eigenvalue weighted by Gasteiger charge is -2.06. The Bertz CT molecular complexity index is 487. The van der Waals surface area contributed by atoms with Crippen molar-refractivity contribution >= 4 is 28.3 Å². The van der Waals surface area contributed by atoms with Gasteiger partial charge in [0.05, 0.1) is 17.1 Å². The number of fused-ring (bicyclic) bond motifs is 1. The fourth-order valence-electron chi connectivity index (χ4n) is 1.49. The quantitative estimate of drug-likeness (QED) is 0.829. The first-order valence-corrected chi connectivity index (χ1v) is 5.47. The SMILES string of the molecule is COCCNc1ccc2cccc(Cl)c2n1. The van der Waals surface area contributed by atoms with E-state index in [1.54, 1.807) is 7.11 Å². The topological polar surface area (TPSA) is 34.1 Å². The molecule has 0 saturated carbocycles. The number of hydrogen-bond donors (Lipinski definition) is 1. The Labute approximate surface area is 99.4 Å². The van der Waals surface area contributed by atoms with Crippen LogP contribution in [0.1, 0.15) is 0 Å². The second-order valence-corrected chi connectivity index (χ2v) is 3.83. The molecule has 3 nitrogen and oxygen atoms in total. The van der Waals surface area contributed by atoms with E-state index >= 15 is 0 Å². The Hall–Kier alpha value is -1.32. The summed E-state index contributed by atoms with van der Waals surface area (Å²) in [6.07, 6.45) is 0. The first-order chi connectivity index (χ1) is 7.81. The summed E-state index contributed by atoms with van der Waals surface area (Å²) in [4.78, 5) is 4.45. The molecule has 0 unspecified atom stereocenters. The summed E-state index contributed by atoms with van der Waals surface area (Å²) in [5.41, 5.74) is 0.826. The third-order valence-corrected chi connectivity index (χ3v) is 2.59. The van der Waals surface area contributed by atoms with Gasteiger partial charge in [-0.3, -0.25) is 0 Å². The number of hydrogen-bond acceptors (Lipinski definition) is 3. The van der Waals surface area contributed by atoms with Gasteiger partial charge in [0.15, 0.2) is 0 Å². The van der Waals surface area contributed by atoms with Crippen molar-refractivity contribution in [1.82, 2.24) is 4.98 Å². The molecular weight excluding hydrogens is 224 g/mol. The number of halogens is 1. The van der Waals surface area contributed by atoms with E-state index in [-0.39, 0.29) is 0 Å². The van der Waals surface area contributed by atoms with E-state index in [0.717, 1.165) is 23.3 Å². The molecule has 0 bridgehead atoms. The van der Waals surface area contributed by atoms with Crippen molar-refractivity contribution in [2.45, 2.75) is 0 Å². The molecule has 16 heavy (non-hydrogen) atoms. The average Bonchev–Trinajstić information content (AvgIpc) is 2.30. The highest BCUT2D eigenvalue weighted by Crippen LogP contribution is 2.22. The lowest BCUT2D eigenvalue weighted by Crippen LogP contribution is -2.08. The minimum Gasteiger partial charge on any atom is -0.383 e. The molecule has 0 fully saturated rings. The molecule has 1 N–H and O–H groups in total. The van der Waals surface area contributed by atoms with Crippen LogP contribution in [-0.4, -0.2) is 25.2 Å². The van der Waals surface area contributed by atoms with Crippen molar-refractivity contribution in [3.63, 3.8) is 0 Å². The van der Waals surface area contributed by atoms with Gasteiger partial charge in [0, 0.05) is 19.0 Å². The summed E-state index contributed by atoms with van der Waals surface area (Å²) in [6.45, 7) is 1.39. The fraction of sp³-hybridized carbons (Fsp3) is 0.250. The molecule has 0 aliphatic heterocycles. The Balaban J connectivity index is 2.25. The van der Waals surface area contributed by atoms with Crippen LogP contribution in [0.2, 0.25) is 5.02 Å². The molecule has 0 amide bonds. The van der Waals surface area contributed by atoms with Crippen LogP contribution in [0.3, 0.4) is 0 Å². The van der Waals surface area contributed by atoms with Gasteiger partial charge in [-0.05, 0) is 18.2 Å². The number of nitrogens with one attached hydrogen (secondary N) is 1. The van der Waals surface area contributed by atoms with Gasteiger partial charge in [-0.25, -0.2) is 4.98 Å². The molecule has 0 atom stereocenters. The summed E-state index contributed by atoms with van der Waals surface area (Å²) in [6, 6.07) is 9.70. The van der Waals surface area contributed by atoms with E-state index in [1.165, 1.54) is 0 Å². The van der Waals surface area contributed by atoms with Gasteiger partial charge >= 0.3 is 0 Å². The largest absolute Gasteiger partial charge is 0.383 e. The van der Waals surface area contributed by atoms with Crippen molar-refractivity contribution in [1.29, 1.82) is 0 Å². The fourth-order valence-corrected chi connectivity index (χ4v) is 1.71. The second kappa shape index (κ2) is 5.14. The highest BCUT2D eigenvalue weighted by atomic mass is 35.5. The molecule has 1 aromatic carbocycles. The average molecular weight is 237 g/mol. The zero-order valence-corrected chi connectivity index (χ0v) is 9.79. The van der Waals surface area contributed by atoms with Crippen molar-refractivity contribution in [3.8, 4) is 0 Å². The van der Waals surface area contributed by atoms with Crippen LogP contribution in [0, 0.1) is 0 Å². The summed E-state index contributed by atoms with van der Waals surface area (Å²) < 4.78 is 4.96. The molecule has 0 spiro atoms. The number of pyridine rings is 1. The predicted octanol–water partition coefficient (Wildman–Crippen LogP) is 2.95. The predicted molar refractivity (Wildman–Crippen MR) is 67.1 cm³/mol. The van der Waals surface area contributed by atoms with Crippen molar-refractivity contribution in [2.24, 2.45) is 0 Å².